The number of hydrogen-bond donors (Lipinski definition) is 2. The van der Waals surface area contributed by atoms with E-state index in [0.29, 0.717) is 11.2 Å². The van der Waals surface area contributed by atoms with Crippen LogP contribution in [0.2, 0.25) is 5.15 Å². The quantitative estimate of drug-likeness (QED) is 0.183. The lowest BCUT2D eigenvalue weighted by Crippen LogP contribution is -2.70. The maximum atomic E-state index is 11.0. The topological polar surface area (TPSA) is 103 Å². The van der Waals surface area contributed by atoms with Crippen LogP contribution in [0.5, 0.6) is 0 Å². The van der Waals surface area contributed by atoms with Gasteiger partial charge in [-0.05, 0) is 15.6 Å². The van der Waals surface area contributed by atoms with E-state index in [1.165, 1.54) is 12.7 Å². The third-order valence-corrected chi connectivity index (χ3v) is 11.2. The van der Waals surface area contributed by atoms with E-state index in [9.17, 15) is 10.2 Å². The van der Waals surface area contributed by atoms with E-state index < -0.39 is 32.9 Å². The summed E-state index contributed by atoms with van der Waals surface area (Å²) in [5.74, 6) is 0. The molecule has 2 N–H and O–H groups in total. The Morgan fingerprint density at radius 3 is 1.89 bits per heavy atom. The fourth-order valence-corrected chi connectivity index (χ4v) is 9.16. The molecule has 6 rings (SSSR count). The van der Waals surface area contributed by atoms with Crippen molar-refractivity contribution in [2.45, 2.75) is 24.5 Å². The second-order valence-electron chi connectivity index (χ2n) is 9.13. The third-order valence-electron chi connectivity index (χ3n) is 6.93. The number of fused-ring (bicyclic) bond motifs is 1. The van der Waals surface area contributed by atoms with Crippen molar-refractivity contribution in [3.05, 3.63) is 109 Å². The van der Waals surface area contributed by atoms with Crippen LogP contribution in [0.4, 0.5) is 0 Å². The average molecular weight is 545 g/mol. The van der Waals surface area contributed by atoms with Crippen molar-refractivity contribution in [2.75, 3.05) is 6.61 Å². The summed E-state index contributed by atoms with van der Waals surface area (Å²) >= 11 is 6.15. The van der Waals surface area contributed by atoms with Crippen LogP contribution in [0.25, 0.3) is 11.2 Å². The van der Waals surface area contributed by atoms with Gasteiger partial charge in [0.25, 0.3) is 8.32 Å². The zero-order chi connectivity index (χ0) is 26.1. The lowest BCUT2D eigenvalue weighted by Gasteiger charge is -2.34. The van der Waals surface area contributed by atoms with Gasteiger partial charge < -0.3 is 19.4 Å². The second kappa shape index (κ2) is 10.4. The van der Waals surface area contributed by atoms with Crippen LogP contribution < -0.4 is 15.6 Å². The van der Waals surface area contributed by atoms with Gasteiger partial charge in [0.2, 0.25) is 0 Å². The number of rotatable bonds is 7. The zero-order valence-corrected chi connectivity index (χ0v) is 22.0. The van der Waals surface area contributed by atoms with Crippen LogP contribution in [-0.2, 0) is 9.16 Å². The Labute approximate surface area is 225 Å². The summed E-state index contributed by atoms with van der Waals surface area (Å²) in [4.78, 5) is 12.5. The molecule has 8 nitrogen and oxygen atoms in total. The third kappa shape index (κ3) is 4.23. The van der Waals surface area contributed by atoms with E-state index in [4.69, 9.17) is 20.8 Å². The summed E-state index contributed by atoms with van der Waals surface area (Å²) in [5, 5.41) is 25.4. The summed E-state index contributed by atoms with van der Waals surface area (Å²) in [6, 6.07) is 30.4. The van der Waals surface area contributed by atoms with Crippen molar-refractivity contribution in [1.29, 1.82) is 0 Å². The largest absolute Gasteiger partial charge is 0.401 e. The Morgan fingerprint density at radius 2 is 1.34 bits per heavy atom. The van der Waals surface area contributed by atoms with Crippen molar-refractivity contribution < 1.29 is 19.4 Å². The highest BCUT2D eigenvalue weighted by Crippen LogP contribution is 2.32. The predicted molar refractivity (Wildman–Crippen MR) is 146 cm³/mol. The standard InChI is InChI=1S/C28H25ClN4O4Si/c29-26-23-27(31-17-30-26)33(18-32-23)28-25(35)24(34)22(37-28)16-36-38(19-10-4-1-5-11-19,20-12-6-2-7-13-20)21-14-8-3-9-15-21/h1-15,17-18,22,24-25,28,34-35H,16H2/t22-,24-,25-,28-/m1/s1. The van der Waals surface area contributed by atoms with E-state index in [-0.39, 0.29) is 11.8 Å². The maximum Gasteiger partial charge on any atom is 0.288 e. The first-order valence-corrected chi connectivity index (χ1v) is 14.5. The number of aromatic nitrogens is 4. The molecule has 4 atom stereocenters. The Bertz CT molecular complexity index is 1430. The van der Waals surface area contributed by atoms with Crippen molar-refractivity contribution in [2.24, 2.45) is 0 Å². The lowest BCUT2D eigenvalue weighted by atomic mass is 10.1. The number of nitrogens with zero attached hydrogens (tertiary/aromatic N) is 4. The molecule has 1 aliphatic rings. The minimum Gasteiger partial charge on any atom is -0.401 e. The molecule has 1 saturated heterocycles. The van der Waals surface area contributed by atoms with Gasteiger partial charge in [-0.15, -0.1) is 0 Å². The maximum absolute atomic E-state index is 11.0. The molecule has 38 heavy (non-hydrogen) atoms. The number of halogens is 1. The first kappa shape index (κ1) is 24.9. The highest BCUT2D eigenvalue weighted by molar-refractivity contribution is 7.07. The number of aliphatic hydroxyl groups is 2. The first-order chi connectivity index (χ1) is 18.6. The molecule has 5 aromatic rings. The van der Waals surface area contributed by atoms with Crippen molar-refractivity contribution in [3.8, 4) is 0 Å². The molecular formula is C28H25ClN4O4Si. The van der Waals surface area contributed by atoms with Gasteiger partial charge in [0.15, 0.2) is 17.0 Å². The van der Waals surface area contributed by atoms with E-state index in [2.05, 4.69) is 51.4 Å². The zero-order valence-electron chi connectivity index (χ0n) is 20.2. The molecule has 0 radical (unpaired) electrons. The first-order valence-electron chi connectivity index (χ1n) is 12.2. The van der Waals surface area contributed by atoms with Gasteiger partial charge in [-0.3, -0.25) is 4.57 Å². The van der Waals surface area contributed by atoms with Crippen molar-refractivity contribution in [1.82, 2.24) is 19.5 Å². The van der Waals surface area contributed by atoms with Crippen LogP contribution in [0.1, 0.15) is 6.23 Å². The van der Waals surface area contributed by atoms with Crippen LogP contribution >= 0.6 is 11.6 Å². The molecular weight excluding hydrogens is 520 g/mol. The fraction of sp³-hybridized carbons (Fsp3) is 0.179. The van der Waals surface area contributed by atoms with Gasteiger partial charge in [0.05, 0.1) is 12.9 Å². The van der Waals surface area contributed by atoms with Gasteiger partial charge >= 0.3 is 0 Å². The van der Waals surface area contributed by atoms with E-state index in [0.717, 1.165) is 15.6 Å². The van der Waals surface area contributed by atoms with Gasteiger partial charge in [-0.2, -0.15) is 0 Å². The summed E-state index contributed by atoms with van der Waals surface area (Å²) in [6.07, 6.45) is -1.34. The minimum absolute atomic E-state index is 0.0575. The molecule has 0 aliphatic carbocycles. The highest BCUT2D eigenvalue weighted by atomic mass is 35.5. The lowest BCUT2D eigenvalue weighted by molar-refractivity contribution is -0.0479. The van der Waals surface area contributed by atoms with Crippen LogP contribution in [0, 0.1) is 0 Å². The van der Waals surface area contributed by atoms with E-state index in [1.807, 2.05) is 54.6 Å². The molecule has 0 spiro atoms. The van der Waals surface area contributed by atoms with Gasteiger partial charge in [0, 0.05) is 0 Å². The predicted octanol–water partition coefficient (Wildman–Crippen LogP) is 1.78. The van der Waals surface area contributed by atoms with Gasteiger partial charge in [-0.1, -0.05) is 103 Å². The van der Waals surface area contributed by atoms with Gasteiger partial charge in [-0.25, -0.2) is 15.0 Å². The Balaban J connectivity index is 1.36. The van der Waals surface area contributed by atoms with Crippen molar-refractivity contribution in [3.63, 3.8) is 0 Å². The van der Waals surface area contributed by atoms with Crippen LogP contribution in [0.3, 0.4) is 0 Å². The van der Waals surface area contributed by atoms with Crippen LogP contribution in [-0.4, -0.2) is 63.0 Å². The number of hydrogen-bond acceptors (Lipinski definition) is 7. The minimum atomic E-state index is -3.01. The Kier molecular flexibility index (Phi) is 6.79. The number of ether oxygens (including phenoxy) is 1. The van der Waals surface area contributed by atoms with E-state index in [1.54, 1.807) is 4.57 Å². The molecule has 0 saturated carbocycles. The molecule has 0 unspecified atom stereocenters. The Morgan fingerprint density at radius 1 is 0.789 bits per heavy atom. The summed E-state index contributed by atoms with van der Waals surface area (Å²) < 4.78 is 14.7. The number of imidazole rings is 1. The van der Waals surface area contributed by atoms with Crippen LogP contribution in [0.15, 0.2) is 104 Å². The normalized spacial score (nSPS) is 21.7. The molecule has 1 fully saturated rings. The summed E-state index contributed by atoms with van der Waals surface area (Å²) in [6.45, 7) is 0.0575. The average Bonchev–Trinajstić information content (AvgIpc) is 3.52. The molecule has 2 aromatic heterocycles. The Hall–Kier alpha value is -3.44. The molecule has 192 valence electrons. The number of benzene rings is 3. The fourth-order valence-electron chi connectivity index (χ4n) is 5.08. The second-order valence-corrected chi connectivity index (χ2v) is 12.9. The summed E-state index contributed by atoms with van der Waals surface area (Å²) in [5.41, 5.74) is 0.798. The molecule has 0 amide bonds. The molecule has 10 heteroatoms. The van der Waals surface area contributed by atoms with Gasteiger partial charge in [0.1, 0.15) is 30.2 Å². The van der Waals surface area contributed by atoms with E-state index >= 15 is 0 Å². The molecule has 3 heterocycles. The smallest absolute Gasteiger partial charge is 0.288 e. The molecule has 3 aromatic carbocycles. The number of aliphatic hydroxyl groups excluding tert-OH is 2. The highest BCUT2D eigenvalue weighted by Gasteiger charge is 2.48. The molecule has 1 aliphatic heterocycles. The van der Waals surface area contributed by atoms with Crippen molar-refractivity contribution >= 4 is 46.6 Å². The molecule has 0 bridgehead atoms. The SMILES string of the molecule is O[C@@H]1[C@H](O)[C@@H](CO[Si](c2ccccc2)(c2ccccc2)c2ccccc2)O[C@H]1n1cnc2c(Cl)ncnc21. The summed E-state index contributed by atoms with van der Waals surface area (Å²) in [7, 11) is -3.01. The monoisotopic (exact) mass is 544 g/mol.